The first-order valence-electron chi connectivity index (χ1n) is 12.7. The number of nitrogens with one attached hydrogen (secondary N) is 1. The van der Waals surface area contributed by atoms with Crippen molar-refractivity contribution >= 4 is 28.3 Å². The number of carbonyl (C=O) groups excluding carboxylic acids is 1. The van der Waals surface area contributed by atoms with Gasteiger partial charge in [-0.25, -0.2) is 9.67 Å². The topological polar surface area (TPSA) is 85.2 Å². The molecule has 37 heavy (non-hydrogen) atoms. The van der Waals surface area contributed by atoms with E-state index in [9.17, 15) is 18.0 Å². The molecule has 0 unspecified atom stereocenters. The maximum Gasteiger partial charge on any atom is 0.422 e. The lowest BCUT2D eigenvalue weighted by Gasteiger charge is -2.30. The molecule has 1 fully saturated rings. The van der Waals surface area contributed by atoms with Crippen LogP contribution in [0.25, 0.3) is 11.0 Å². The van der Waals surface area contributed by atoms with Crippen LogP contribution in [0.1, 0.15) is 53.0 Å². The number of nitrogens with zero attached hydrogens (tertiary/aromatic N) is 5. The molecule has 8 nitrogen and oxygen atoms in total. The van der Waals surface area contributed by atoms with E-state index in [1.807, 2.05) is 18.2 Å². The maximum atomic E-state index is 12.9. The highest BCUT2D eigenvalue weighted by Crippen LogP contribution is 2.31. The second kappa shape index (κ2) is 10.9. The molecule has 3 aromatic rings. The minimum absolute atomic E-state index is 0.0722. The van der Waals surface area contributed by atoms with Crippen molar-refractivity contribution in [3.8, 4) is 5.19 Å². The molecule has 1 saturated carbocycles. The summed E-state index contributed by atoms with van der Waals surface area (Å²) in [4.78, 5) is 20.7. The number of benzene rings is 1. The van der Waals surface area contributed by atoms with E-state index < -0.39 is 12.8 Å². The third-order valence-corrected chi connectivity index (χ3v) is 8.41. The number of hydrogen-bond donors (Lipinski definition) is 1. The van der Waals surface area contributed by atoms with Gasteiger partial charge in [0.05, 0.1) is 11.3 Å². The molecular weight excluding hydrogens is 505 g/mol. The SMILES string of the molecule is Cn1nnc2cccc(C(=O)N[C@H]3CC[C@H](CCN4CCc5nc(OCC(F)(F)F)sc5CC4)CC3)c21. The van der Waals surface area contributed by atoms with Gasteiger partial charge in [-0.2, -0.15) is 13.2 Å². The molecule has 0 radical (unpaired) electrons. The standard InChI is InChI=1S/C25H31F3N6O2S/c1-33-22-18(3-2-4-20(22)31-32-33)23(35)29-17-7-5-16(6-8-17)9-12-34-13-10-19-21(11-14-34)37-24(30-19)36-15-25(26,27)28/h2-4,16-17H,5-15H2,1H3,(H,29,35)/t16-,17-. The van der Waals surface area contributed by atoms with Crippen LogP contribution in [0, 0.1) is 5.92 Å². The van der Waals surface area contributed by atoms with Crippen molar-refractivity contribution in [1.29, 1.82) is 0 Å². The van der Waals surface area contributed by atoms with Crippen LogP contribution in [0.5, 0.6) is 5.19 Å². The summed E-state index contributed by atoms with van der Waals surface area (Å²) in [7, 11) is 1.79. The van der Waals surface area contributed by atoms with E-state index in [1.54, 1.807) is 11.7 Å². The van der Waals surface area contributed by atoms with Gasteiger partial charge in [-0.15, -0.1) is 5.10 Å². The summed E-state index contributed by atoms with van der Waals surface area (Å²) in [5.41, 5.74) is 2.95. The number of halogens is 3. The number of fused-ring (bicyclic) bond motifs is 2. The Kier molecular flexibility index (Phi) is 7.66. The first-order valence-corrected chi connectivity index (χ1v) is 13.6. The predicted octanol–water partition coefficient (Wildman–Crippen LogP) is 4.15. The Hall–Kier alpha value is -2.73. The molecule has 200 valence electrons. The van der Waals surface area contributed by atoms with Gasteiger partial charge < -0.3 is 15.0 Å². The molecule has 3 heterocycles. The minimum atomic E-state index is -4.35. The number of amides is 1. The van der Waals surface area contributed by atoms with E-state index in [2.05, 4.69) is 25.5 Å². The third kappa shape index (κ3) is 6.40. The average molecular weight is 537 g/mol. The highest BCUT2D eigenvalue weighted by molar-refractivity contribution is 7.13. The van der Waals surface area contributed by atoms with Gasteiger partial charge in [-0.1, -0.05) is 22.6 Å². The summed E-state index contributed by atoms with van der Waals surface area (Å²) in [6.45, 7) is 1.45. The van der Waals surface area contributed by atoms with Crippen molar-refractivity contribution in [3.63, 3.8) is 0 Å². The van der Waals surface area contributed by atoms with E-state index in [0.717, 1.165) is 80.7 Å². The van der Waals surface area contributed by atoms with Crippen molar-refractivity contribution in [1.82, 2.24) is 30.2 Å². The highest BCUT2D eigenvalue weighted by Gasteiger charge is 2.30. The predicted molar refractivity (Wildman–Crippen MR) is 134 cm³/mol. The second-order valence-electron chi connectivity index (χ2n) is 9.96. The van der Waals surface area contributed by atoms with Crippen LogP contribution in [0.3, 0.4) is 0 Å². The molecule has 1 amide bonds. The number of para-hydroxylation sites is 1. The first kappa shape index (κ1) is 25.9. The second-order valence-corrected chi connectivity index (χ2v) is 11.0. The molecule has 0 saturated heterocycles. The van der Waals surface area contributed by atoms with Crippen LogP contribution in [0.2, 0.25) is 0 Å². The normalized spacial score (nSPS) is 21.0. The van der Waals surface area contributed by atoms with Gasteiger partial charge in [0.1, 0.15) is 11.0 Å². The van der Waals surface area contributed by atoms with Crippen LogP contribution in [-0.4, -0.2) is 69.2 Å². The monoisotopic (exact) mass is 536 g/mol. The number of hydrogen-bond acceptors (Lipinski definition) is 7. The number of rotatable bonds is 7. The fraction of sp³-hybridized carbons (Fsp3) is 0.600. The fourth-order valence-corrected chi connectivity index (χ4v) is 6.28. The Balaban J connectivity index is 1.04. The zero-order chi connectivity index (χ0) is 26.0. The molecule has 1 aliphatic heterocycles. The smallest absolute Gasteiger partial charge is 0.422 e. The number of alkyl halides is 3. The average Bonchev–Trinajstić information content (AvgIpc) is 3.40. The molecule has 1 aliphatic carbocycles. The molecule has 0 atom stereocenters. The summed E-state index contributed by atoms with van der Waals surface area (Å²) in [5.74, 6) is 0.563. The third-order valence-electron chi connectivity index (χ3n) is 7.34. The number of carbonyl (C=O) groups is 1. The fourth-order valence-electron chi connectivity index (χ4n) is 5.33. The van der Waals surface area contributed by atoms with Crippen molar-refractivity contribution in [3.05, 3.63) is 34.3 Å². The largest absolute Gasteiger partial charge is 0.460 e. The lowest BCUT2D eigenvalue weighted by atomic mass is 9.84. The Bertz CT molecular complexity index is 1210. The minimum Gasteiger partial charge on any atom is -0.460 e. The molecule has 1 aromatic carbocycles. The molecule has 12 heteroatoms. The van der Waals surface area contributed by atoms with Crippen molar-refractivity contribution in [2.75, 3.05) is 26.2 Å². The summed E-state index contributed by atoms with van der Waals surface area (Å²) in [6, 6.07) is 5.68. The maximum absolute atomic E-state index is 12.9. The number of aromatic nitrogens is 4. The van der Waals surface area contributed by atoms with Gasteiger partial charge in [0, 0.05) is 37.5 Å². The summed E-state index contributed by atoms with van der Waals surface area (Å²) in [5, 5.41) is 11.4. The van der Waals surface area contributed by atoms with E-state index in [4.69, 9.17) is 4.74 Å². The molecule has 1 N–H and O–H groups in total. The number of thiazole rings is 1. The molecule has 0 spiro atoms. The zero-order valence-corrected chi connectivity index (χ0v) is 21.6. The van der Waals surface area contributed by atoms with Crippen molar-refractivity contribution in [2.24, 2.45) is 13.0 Å². The highest BCUT2D eigenvalue weighted by atomic mass is 32.1. The molecular formula is C25H31F3N6O2S. The van der Waals surface area contributed by atoms with Crippen LogP contribution < -0.4 is 10.1 Å². The molecule has 2 aromatic heterocycles. The van der Waals surface area contributed by atoms with Gasteiger partial charge in [-0.05, 0) is 63.1 Å². The molecule has 2 aliphatic rings. The van der Waals surface area contributed by atoms with Gasteiger partial charge in [-0.3, -0.25) is 4.79 Å². The number of ether oxygens (including phenoxy) is 1. The first-order chi connectivity index (χ1) is 17.7. The van der Waals surface area contributed by atoms with E-state index in [0.29, 0.717) is 17.0 Å². The van der Waals surface area contributed by atoms with Crippen LogP contribution in [0.15, 0.2) is 18.2 Å². The van der Waals surface area contributed by atoms with Gasteiger partial charge in [0.2, 0.25) is 0 Å². The van der Waals surface area contributed by atoms with Crippen molar-refractivity contribution < 1.29 is 22.7 Å². The van der Waals surface area contributed by atoms with Crippen LogP contribution in [-0.2, 0) is 19.9 Å². The van der Waals surface area contributed by atoms with Crippen LogP contribution >= 0.6 is 11.3 Å². The van der Waals surface area contributed by atoms with E-state index >= 15 is 0 Å². The lowest BCUT2D eigenvalue weighted by Crippen LogP contribution is -2.38. The molecule has 5 rings (SSSR count). The Morgan fingerprint density at radius 3 is 2.76 bits per heavy atom. The summed E-state index contributed by atoms with van der Waals surface area (Å²) in [6.07, 6.45) is 2.41. The van der Waals surface area contributed by atoms with Crippen LogP contribution in [0.4, 0.5) is 13.2 Å². The Morgan fingerprint density at radius 1 is 1.19 bits per heavy atom. The van der Waals surface area contributed by atoms with E-state index in [1.165, 1.54) is 11.3 Å². The Labute approximate surface area is 217 Å². The van der Waals surface area contributed by atoms with E-state index in [-0.39, 0.29) is 17.1 Å². The lowest BCUT2D eigenvalue weighted by molar-refractivity contribution is -0.153. The zero-order valence-electron chi connectivity index (χ0n) is 20.8. The summed E-state index contributed by atoms with van der Waals surface area (Å²) < 4.78 is 43.7. The van der Waals surface area contributed by atoms with Gasteiger partial charge >= 0.3 is 6.18 Å². The van der Waals surface area contributed by atoms with Gasteiger partial charge in [0.15, 0.2) is 6.61 Å². The molecule has 0 bridgehead atoms. The number of aryl methyl sites for hydroxylation is 1. The quantitative estimate of drug-likeness (QED) is 0.489. The summed E-state index contributed by atoms with van der Waals surface area (Å²) >= 11 is 1.24. The Morgan fingerprint density at radius 2 is 1.97 bits per heavy atom. The van der Waals surface area contributed by atoms with Crippen molar-refractivity contribution in [2.45, 2.75) is 57.2 Å². The van der Waals surface area contributed by atoms with Gasteiger partial charge in [0.25, 0.3) is 11.1 Å².